The third-order valence-electron chi connectivity index (χ3n) is 3.80. The maximum absolute atomic E-state index is 12.5. The first-order valence-corrected chi connectivity index (χ1v) is 8.13. The highest BCUT2D eigenvalue weighted by molar-refractivity contribution is 5.93. The lowest BCUT2D eigenvalue weighted by Gasteiger charge is -2.09. The lowest BCUT2D eigenvalue weighted by Crippen LogP contribution is -2.20. The molecule has 0 heterocycles. The van der Waals surface area contributed by atoms with Crippen LogP contribution >= 0.6 is 0 Å². The first-order chi connectivity index (χ1) is 13.2. The normalized spacial score (nSPS) is 11.3. The number of carbonyl (C=O) groups is 2. The molecule has 0 aliphatic carbocycles. The topological polar surface area (TPSA) is 64.6 Å². The standard InChI is InChI=1S/C20H18F3NO4/c1-27-17-9-5-14(11-16(17)19(26)28-2)12-24-18(25)10-6-13-3-7-15(8-4-13)20(21,22)23/h3-11H,12H2,1-2H3,(H,24,25)/b10-6+. The van der Waals surface area contributed by atoms with Gasteiger partial charge in [0.25, 0.3) is 0 Å². The van der Waals surface area contributed by atoms with Crippen molar-refractivity contribution in [2.45, 2.75) is 12.7 Å². The molecule has 28 heavy (non-hydrogen) atoms. The Morgan fingerprint density at radius 2 is 1.75 bits per heavy atom. The summed E-state index contributed by atoms with van der Waals surface area (Å²) < 4.78 is 47.4. The number of methoxy groups -OCH3 is 2. The fourth-order valence-electron chi connectivity index (χ4n) is 2.34. The van der Waals surface area contributed by atoms with E-state index in [0.717, 1.165) is 12.1 Å². The summed E-state index contributed by atoms with van der Waals surface area (Å²) in [5, 5.41) is 2.63. The largest absolute Gasteiger partial charge is 0.496 e. The molecule has 2 aromatic rings. The molecule has 8 heteroatoms. The van der Waals surface area contributed by atoms with Crippen LogP contribution in [0.1, 0.15) is 27.0 Å². The highest BCUT2D eigenvalue weighted by Crippen LogP contribution is 2.29. The average Bonchev–Trinajstić information content (AvgIpc) is 2.69. The lowest BCUT2D eigenvalue weighted by molar-refractivity contribution is -0.137. The van der Waals surface area contributed by atoms with Gasteiger partial charge in [-0.1, -0.05) is 18.2 Å². The Bertz CT molecular complexity index is 874. The van der Waals surface area contributed by atoms with Crippen LogP contribution in [0.4, 0.5) is 13.2 Å². The molecule has 0 atom stereocenters. The van der Waals surface area contributed by atoms with Crippen LogP contribution in [0.2, 0.25) is 0 Å². The van der Waals surface area contributed by atoms with E-state index in [1.54, 1.807) is 18.2 Å². The van der Waals surface area contributed by atoms with Gasteiger partial charge in [-0.2, -0.15) is 13.2 Å². The van der Waals surface area contributed by atoms with E-state index < -0.39 is 23.6 Å². The number of benzene rings is 2. The van der Waals surface area contributed by atoms with Gasteiger partial charge in [0, 0.05) is 12.6 Å². The quantitative estimate of drug-likeness (QED) is 0.599. The van der Waals surface area contributed by atoms with E-state index in [1.165, 1.54) is 38.5 Å². The van der Waals surface area contributed by atoms with Gasteiger partial charge in [-0.3, -0.25) is 4.79 Å². The van der Waals surface area contributed by atoms with Gasteiger partial charge in [0.05, 0.1) is 19.8 Å². The van der Waals surface area contributed by atoms with Crippen LogP contribution in [0.5, 0.6) is 5.75 Å². The van der Waals surface area contributed by atoms with Gasteiger partial charge >= 0.3 is 12.1 Å². The molecule has 148 valence electrons. The maximum atomic E-state index is 12.5. The van der Waals surface area contributed by atoms with Crippen molar-refractivity contribution >= 4 is 18.0 Å². The summed E-state index contributed by atoms with van der Waals surface area (Å²) in [4.78, 5) is 23.7. The van der Waals surface area contributed by atoms with Crippen LogP contribution in [-0.2, 0) is 22.3 Å². The lowest BCUT2D eigenvalue weighted by atomic mass is 10.1. The number of halogens is 3. The van der Waals surface area contributed by atoms with Gasteiger partial charge in [-0.15, -0.1) is 0 Å². The number of hydrogen-bond acceptors (Lipinski definition) is 4. The van der Waals surface area contributed by atoms with Crippen LogP contribution in [0.25, 0.3) is 6.08 Å². The average molecular weight is 393 g/mol. The van der Waals surface area contributed by atoms with Crippen LogP contribution < -0.4 is 10.1 Å². The Balaban J connectivity index is 1.98. The van der Waals surface area contributed by atoms with E-state index in [9.17, 15) is 22.8 Å². The predicted molar refractivity (Wildman–Crippen MR) is 96.7 cm³/mol. The molecule has 0 aromatic heterocycles. The smallest absolute Gasteiger partial charge is 0.416 e. The Labute approximate surface area is 159 Å². The molecule has 0 fully saturated rings. The van der Waals surface area contributed by atoms with Crippen molar-refractivity contribution in [3.8, 4) is 5.75 Å². The summed E-state index contributed by atoms with van der Waals surface area (Å²) in [5.74, 6) is -0.647. The molecule has 2 rings (SSSR count). The predicted octanol–water partition coefficient (Wildman–Crippen LogP) is 3.83. The summed E-state index contributed by atoms with van der Waals surface area (Å²) in [5.41, 5.74) is 0.588. The zero-order valence-electron chi connectivity index (χ0n) is 15.2. The molecule has 0 bridgehead atoms. The van der Waals surface area contributed by atoms with E-state index in [-0.39, 0.29) is 12.1 Å². The minimum Gasteiger partial charge on any atom is -0.496 e. The molecular formula is C20H18F3NO4. The number of carbonyl (C=O) groups excluding carboxylic acids is 2. The number of ether oxygens (including phenoxy) is 2. The van der Waals surface area contributed by atoms with E-state index in [1.807, 2.05) is 0 Å². The molecular weight excluding hydrogens is 375 g/mol. The molecule has 0 unspecified atom stereocenters. The monoisotopic (exact) mass is 393 g/mol. The molecule has 0 saturated heterocycles. The molecule has 0 spiro atoms. The van der Waals surface area contributed by atoms with Crippen molar-refractivity contribution in [3.63, 3.8) is 0 Å². The Morgan fingerprint density at radius 3 is 2.32 bits per heavy atom. The molecule has 0 radical (unpaired) electrons. The van der Waals surface area contributed by atoms with Gasteiger partial charge in [-0.05, 0) is 41.5 Å². The molecule has 1 N–H and O–H groups in total. The highest BCUT2D eigenvalue weighted by atomic mass is 19.4. The summed E-state index contributed by atoms with van der Waals surface area (Å²) in [6, 6.07) is 9.27. The highest BCUT2D eigenvalue weighted by Gasteiger charge is 2.29. The molecule has 0 aliphatic heterocycles. The van der Waals surface area contributed by atoms with Gasteiger partial charge in [0.1, 0.15) is 11.3 Å². The second kappa shape index (κ2) is 9.07. The maximum Gasteiger partial charge on any atom is 0.416 e. The van der Waals surface area contributed by atoms with E-state index in [4.69, 9.17) is 4.74 Å². The third kappa shape index (κ3) is 5.60. The number of alkyl halides is 3. The van der Waals surface area contributed by atoms with Crippen molar-refractivity contribution in [2.24, 2.45) is 0 Å². The summed E-state index contributed by atoms with van der Waals surface area (Å²) in [6.45, 7) is 0.143. The summed E-state index contributed by atoms with van der Waals surface area (Å²) in [6.07, 6.45) is -1.78. The second-order valence-electron chi connectivity index (χ2n) is 5.70. The van der Waals surface area contributed by atoms with E-state index in [2.05, 4.69) is 10.1 Å². The minimum atomic E-state index is -4.40. The zero-order valence-corrected chi connectivity index (χ0v) is 15.2. The minimum absolute atomic E-state index is 0.143. The SMILES string of the molecule is COC(=O)c1cc(CNC(=O)/C=C/c2ccc(C(F)(F)F)cc2)ccc1OC. The van der Waals surface area contributed by atoms with Crippen LogP contribution in [0.15, 0.2) is 48.5 Å². The summed E-state index contributed by atoms with van der Waals surface area (Å²) >= 11 is 0. The molecule has 2 aromatic carbocycles. The third-order valence-corrected chi connectivity index (χ3v) is 3.80. The number of amides is 1. The molecule has 5 nitrogen and oxygen atoms in total. The molecule has 1 amide bonds. The van der Waals surface area contributed by atoms with Crippen LogP contribution in [0, 0.1) is 0 Å². The van der Waals surface area contributed by atoms with Crippen molar-refractivity contribution in [3.05, 3.63) is 70.8 Å². The van der Waals surface area contributed by atoms with E-state index >= 15 is 0 Å². The number of rotatable bonds is 6. The fraction of sp³-hybridized carbons (Fsp3) is 0.200. The number of esters is 1. The van der Waals surface area contributed by atoms with Gasteiger partial charge in [0.15, 0.2) is 0 Å². The fourth-order valence-corrected chi connectivity index (χ4v) is 2.34. The van der Waals surface area contributed by atoms with Crippen molar-refractivity contribution in [1.82, 2.24) is 5.32 Å². The second-order valence-corrected chi connectivity index (χ2v) is 5.70. The van der Waals surface area contributed by atoms with Crippen molar-refractivity contribution < 1.29 is 32.2 Å². The van der Waals surface area contributed by atoms with Crippen molar-refractivity contribution in [1.29, 1.82) is 0 Å². The molecule has 0 saturated carbocycles. The number of nitrogens with one attached hydrogen (secondary N) is 1. The summed E-state index contributed by atoms with van der Waals surface area (Å²) in [7, 11) is 2.68. The van der Waals surface area contributed by atoms with Gasteiger partial charge < -0.3 is 14.8 Å². The first-order valence-electron chi connectivity index (χ1n) is 8.13. The Morgan fingerprint density at radius 1 is 1.07 bits per heavy atom. The van der Waals surface area contributed by atoms with Crippen LogP contribution in [0.3, 0.4) is 0 Å². The first kappa shape index (κ1) is 21.0. The number of hydrogen-bond donors (Lipinski definition) is 1. The van der Waals surface area contributed by atoms with E-state index in [0.29, 0.717) is 16.9 Å². The zero-order chi connectivity index (χ0) is 20.7. The Kier molecular flexibility index (Phi) is 6.81. The Hall–Kier alpha value is -3.29. The van der Waals surface area contributed by atoms with Gasteiger partial charge in [-0.25, -0.2) is 4.79 Å². The molecule has 0 aliphatic rings. The van der Waals surface area contributed by atoms with Gasteiger partial charge in [0.2, 0.25) is 5.91 Å². The van der Waals surface area contributed by atoms with Crippen LogP contribution in [-0.4, -0.2) is 26.1 Å². The van der Waals surface area contributed by atoms with Crippen molar-refractivity contribution in [2.75, 3.05) is 14.2 Å².